The van der Waals surface area contributed by atoms with E-state index in [0.29, 0.717) is 11.4 Å². The predicted octanol–water partition coefficient (Wildman–Crippen LogP) is 4.61. The van der Waals surface area contributed by atoms with E-state index in [1.165, 1.54) is 5.56 Å². The van der Waals surface area contributed by atoms with Crippen molar-refractivity contribution in [1.29, 1.82) is 0 Å². The van der Waals surface area contributed by atoms with Gasteiger partial charge in [0.2, 0.25) is 0 Å². The molecule has 25 heavy (non-hydrogen) atoms. The Kier molecular flexibility index (Phi) is 3.04. The van der Waals surface area contributed by atoms with Crippen molar-refractivity contribution in [2.75, 3.05) is 5.73 Å². The maximum atomic E-state index is 6.47. The van der Waals surface area contributed by atoms with Crippen molar-refractivity contribution < 1.29 is 4.42 Å². The second-order valence-electron chi connectivity index (χ2n) is 6.36. The second kappa shape index (κ2) is 5.38. The van der Waals surface area contributed by atoms with Crippen LogP contribution >= 0.6 is 0 Å². The summed E-state index contributed by atoms with van der Waals surface area (Å²) >= 11 is 0. The first-order valence-corrected chi connectivity index (χ1v) is 8.38. The van der Waals surface area contributed by atoms with Crippen LogP contribution in [0.15, 0.2) is 76.2 Å². The van der Waals surface area contributed by atoms with Crippen LogP contribution < -0.4 is 11.2 Å². The fourth-order valence-electron chi connectivity index (χ4n) is 3.57. The van der Waals surface area contributed by atoms with Gasteiger partial charge in [-0.25, -0.2) is 0 Å². The van der Waals surface area contributed by atoms with Gasteiger partial charge in [-0.3, -0.25) is 0 Å². The predicted molar refractivity (Wildman–Crippen MR) is 102 cm³/mol. The molecule has 2 heterocycles. The van der Waals surface area contributed by atoms with Crippen molar-refractivity contribution in [2.45, 2.75) is 12.5 Å². The molecule has 0 aliphatic carbocycles. The number of nitrogens with one attached hydrogen (secondary N) is 1. The largest absolute Gasteiger partial charge is 0.452 e. The van der Waals surface area contributed by atoms with Gasteiger partial charge >= 0.3 is 0 Å². The van der Waals surface area contributed by atoms with Crippen LogP contribution in [0.1, 0.15) is 23.8 Å². The fraction of sp³-hybridized carbons (Fsp3) is 0.0952. The molecule has 5 rings (SSSR count). The minimum Gasteiger partial charge on any atom is -0.452 e. The van der Waals surface area contributed by atoms with Gasteiger partial charge in [-0.1, -0.05) is 60.7 Å². The molecule has 0 fully saturated rings. The van der Waals surface area contributed by atoms with Crippen LogP contribution in [0.3, 0.4) is 0 Å². The first-order chi connectivity index (χ1) is 12.3. The van der Waals surface area contributed by atoms with Crippen molar-refractivity contribution in [3.63, 3.8) is 0 Å². The number of hydrazone groups is 1. The van der Waals surface area contributed by atoms with Gasteiger partial charge in [-0.15, -0.1) is 0 Å². The third kappa shape index (κ3) is 2.18. The van der Waals surface area contributed by atoms with Crippen LogP contribution in [0.2, 0.25) is 0 Å². The average Bonchev–Trinajstić information content (AvgIpc) is 3.27. The van der Waals surface area contributed by atoms with Gasteiger partial charge < -0.3 is 15.6 Å². The molecule has 0 bridgehead atoms. The summed E-state index contributed by atoms with van der Waals surface area (Å²) in [5, 5.41) is 7.73. The normalized spacial score (nSPS) is 17.0. The van der Waals surface area contributed by atoms with E-state index in [9.17, 15) is 0 Å². The summed E-state index contributed by atoms with van der Waals surface area (Å²) in [4.78, 5) is 0. The molecule has 0 amide bonds. The van der Waals surface area contributed by atoms with Gasteiger partial charge in [0.25, 0.3) is 0 Å². The van der Waals surface area contributed by atoms with Crippen molar-refractivity contribution in [1.82, 2.24) is 5.43 Å². The number of anilines is 1. The Hall–Kier alpha value is -3.27. The van der Waals surface area contributed by atoms with Crippen molar-refractivity contribution in [2.24, 2.45) is 5.10 Å². The van der Waals surface area contributed by atoms with Crippen molar-refractivity contribution in [3.8, 4) is 0 Å². The summed E-state index contributed by atoms with van der Waals surface area (Å²) in [7, 11) is 0. The third-order valence-electron chi connectivity index (χ3n) is 4.83. The molecule has 1 aliphatic heterocycles. The zero-order valence-corrected chi connectivity index (χ0v) is 13.6. The lowest BCUT2D eigenvalue weighted by Gasteiger charge is -2.09. The Morgan fingerprint density at radius 3 is 2.64 bits per heavy atom. The highest BCUT2D eigenvalue weighted by atomic mass is 16.3. The molecule has 3 aromatic carbocycles. The molecule has 122 valence electrons. The number of furan rings is 1. The Labute approximate surface area is 144 Å². The van der Waals surface area contributed by atoms with Crippen LogP contribution in [0.4, 0.5) is 5.69 Å². The summed E-state index contributed by atoms with van der Waals surface area (Å²) in [6.07, 6.45) is 0.756. The van der Waals surface area contributed by atoms with Gasteiger partial charge in [0.1, 0.15) is 11.3 Å². The number of hydrogen-bond donors (Lipinski definition) is 2. The number of nitrogens with two attached hydrogens (primary N) is 1. The van der Waals surface area contributed by atoms with Gasteiger partial charge in [0, 0.05) is 6.42 Å². The fourth-order valence-corrected chi connectivity index (χ4v) is 3.57. The zero-order valence-electron chi connectivity index (χ0n) is 13.6. The van der Waals surface area contributed by atoms with E-state index in [-0.39, 0.29) is 6.04 Å². The lowest BCUT2D eigenvalue weighted by molar-refractivity contribution is 0.602. The number of nitrogens with zero attached hydrogens (tertiary/aromatic N) is 1. The highest BCUT2D eigenvalue weighted by Gasteiger charge is 2.26. The molecule has 3 N–H and O–H groups in total. The van der Waals surface area contributed by atoms with Crippen LogP contribution in [0.25, 0.3) is 21.7 Å². The van der Waals surface area contributed by atoms with Crippen LogP contribution in [-0.2, 0) is 0 Å². The average molecular weight is 327 g/mol. The number of fused-ring (bicyclic) bond motifs is 3. The molecular weight excluding hydrogens is 310 g/mol. The van der Waals surface area contributed by atoms with E-state index >= 15 is 0 Å². The number of rotatable bonds is 2. The molecule has 1 atom stereocenters. The van der Waals surface area contributed by atoms with Gasteiger partial charge in [0.05, 0.1) is 17.1 Å². The summed E-state index contributed by atoms with van der Waals surface area (Å²) < 4.78 is 6.08. The molecule has 4 heteroatoms. The third-order valence-corrected chi connectivity index (χ3v) is 4.83. The van der Waals surface area contributed by atoms with E-state index in [1.54, 1.807) is 0 Å². The Balaban J connectivity index is 1.58. The van der Waals surface area contributed by atoms with E-state index in [1.807, 2.05) is 36.4 Å². The summed E-state index contributed by atoms with van der Waals surface area (Å²) in [6, 6.07) is 22.7. The molecule has 1 aliphatic rings. The van der Waals surface area contributed by atoms with E-state index in [2.05, 4.69) is 40.9 Å². The molecule has 0 radical (unpaired) electrons. The summed E-state index contributed by atoms with van der Waals surface area (Å²) in [5.41, 5.74) is 13.2. The molecule has 0 saturated carbocycles. The van der Waals surface area contributed by atoms with Gasteiger partial charge in [-0.05, 0) is 22.4 Å². The maximum Gasteiger partial charge on any atom is 0.174 e. The zero-order chi connectivity index (χ0) is 16.8. The standard InChI is InChI=1S/C21H17N3O/c22-20-19-15-9-5-4-6-13(15)10-11-18(19)25-21(20)17-12-16(23-24-17)14-7-2-1-3-8-14/h1-11,16,23H,12,22H2. The summed E-state index contributed by atoms with van der Waals surface area (Å²) in [6.45, 7) is 0. The molecular formula is C21H17N3O. The van der Waals surface area contributed by atoms with E-state index in [0.717, 1.165) is 33.9 Å². The quantitative estimate of drug-likeness (QED) is 0.565. The SMILES string of the molecule is Nc1c(C2=NNC(c3ccccc3)C2)oc2ccc3ccccc3c12. The number of hydrogen-bond acceptors (Lipinski definition) is 4. The number of benzene rings is 3. The second-order valence-corrected chi connectivity index (χ2v) is 6.36. The number of nitrogen functional groups attached to an aromatic ring is 1. The molecule has 1 aromatic heterocycles. The van der Waals surface area contributed by atoms with E-state index < -0.39 is 0 Å². The van der Waals surface area contributed by atoms with Gasteiger partial charge in [0.15, 0.2) is 5.76 Å². The highest BCUT2D eigenvalue weighted by Crippen LogP contribution is 2.37. The topological polar surface area (TPSA) is 63.5 Å². The molecule has 4 nitrogen and oxygen atoms in total. The lowest BCUT2D eigenvalue weighted by Crippen LogP contribution is -2.09. The van der Waals surface area contributed by atoms with Crippen LogP contribution in [-0.4, -0.2) is 5.71 Å². The molecule has 0 spiro atoms. The molecule has 4 aromatic rings. The Morgan fingerprint density at radius 2 is 1.76 bits per heavy atom. The Bertz CT molecular complexity index is 1110. The molecule has 0 saturated heterocycles. The van der Waals surface area contributed by atoms with Crippen molar-refractivity contribution in [3.05, 3.63) is 78.1 Å². The first kappa shape index (κ1) is 14.1. The Morgan fingerprint density at radius 1 is 0.960 bits per heavy atom. The summed E-state index contributed by atoms with van der Waals surface area (Å²) in [5.74, 6) is 0.678. The van der Waals surface area contributed by atoms with E-state index in [4.69, 9.17) is 10.2 Å². The van der Waals surface area contributed by atoms with Gasteiger partial charge in [-0.2, -0.15) is 5.10 Å². The van der Waals surface area contributed by atoms with Crippen molar-refractivity contribution >= 4 is 33.1 Å². The van der Waals surface area contributed by atoms with Crippen LogP contribution in [0, 0.1) is 0 Å². The smallest absolute Gasteiger partial charge is 0.174 e. The highest BCUT2D eigenvalue weighted by molar-refractivity contribution is 6.17. The maximum absolute atomic E-state index is 6.47. The molecule has 1 unspecified atom stereocenters. The first-order valence-electron chi connectivity index (χ1n) is 8.38. The minimum absolute atomic E-state index is 0.153. The monoisotopic (exact) mass is 327 g/mol. The lowest BCUT2D eigenvalue weighted by atomic mass is 10.0. The minimum atomic E-state index is 0.153. The van der Waals surface area contributed by atoms with Crippen LogP contribution in [0.5, 0.6) is 0 Å².